The summed E-state index contributed by atoms with van der Waals surface area (Å²) >= 11 is 0. The average molecular weight is 236 g/mol. The molecule has 2 nitrogen and oxygen atoms in total. The van der Waals surface area contributed by atoms with Crippen molar-refractivity contribution in [1.82, 2.24) is 0 Å². The highest BCUT2D eigenvalue weighted by Crippen LogP contribution is 2.35. The van der Waals surface area contributed by atoms with Crippen LogP contribution in [0.2, 0.25) is 0 Å². The molecular formula is C14H21FN2. The lowest BCUT2D eigenvalue weighted by atomic mass is 9.93. The number of nitrogens with one attached hydrogen (secondary N) is 1. The first-order valence-electron chi connectivity index (χ1n) is 6.42. The van der Waals surface area contributed by atoms with Crippen LogP contribution in [-0.4, -0.2) is 6.04 Å². The summed E-state index contributed by atoms with van der Waals surface area (Å²) in [7, 11) is 0. The molecule has 0 radical (unpaired) electrons. The van der Waals surface area contributed by atoms with Crippen LogP contribution in [-0.2, 0) is 0 Å². The van der Waals surface area contributed by atoms with Gasteiger partial charge in [-0.3, -0.25) is 0 Å². The number of hydrogen-bond acceptors (Lipinski definition) is 2. The van der Waals surface area contributed by atoms with Crippen LogP contribution in [0.15, 0.2) is 18.2 Å². The van der Waals surface area contributed by atoms with E-state index in [4.69, 9.17) is 5.73 Å². The van der Waals surface area contributed by atoms with Crippen LogP contribution < -0.4 is 11.1 Å². The number of benzene rings is 1. The second-order valence-corrected chi connectivity index (χ2v) is 5.13. The van der Waals surface area contributed by atoms with Crippen molar-refractivity contribution in [3.63, 3.8) is 0 Å². The van der Waals surface area contributed by atoms with E-state index in [1.54, 1.807) is 6.07 Å². The predicted molar refractivity (Wildman–Crippen MR) is 70.4 cm³/mol. The molecule has 0 saturated heterocycles. The van der Waals surface area contributed by atoms with Gasteiger partial charge in [0.2, 0.25) is 0 Å². The summed E-state index contributed by atoms with van der Waals surface area (Å²) in [5.41, 5.74) is 6.92. The van der Waals surface area contributed by atoms with Gasteiger partial charge in [-0.25, -0.2) is 4.39 Å². The van der Waals surface area contributed by atoms with E-state index in [0.717, 1.165) is 18.0 Å². The molecular weight excluding hydrogens is 215 g/mol. The summed E-state index contributed by atoms with van der Waals surface area (Å²) in [5.74, 6) is 1.16. The Morgan fingerprint density at radius 3 is 2.71 bits per heavy atom. The fourth-order valence-corrected chi connectivity index (χ4v) is 2.94. The standard InChI is InChI=1S/C14H21FN2/c1-3-10-4-5-14(9(10)2)17-13-7-11(15)6-12(16)8-13/h6-10,14,17H,3-5,16H2,1-2H3. The monoisotopic (exact) mass is 236 g/mol. The number of rotatable bonds is 3. The molecule has 3 atom stereocenters. The first-order chi connectivity index (χ1) is 8.10. The zero-order valence-corrected chi connectivity index (χ0v) is 10.5. The number of nitrogen functional groups attached to an aromatic ring is 1. The van der Waals surface area contributed by atoms with E-state index in [1.807, 2.05) is 0 Å². The van der Waals surface area contributed by atoms with Crippen LogP contribution in [0.5, 0.6) is 0 Å². The molecule has 17 heavy (non-hydrogen) atoms. The molecule has 1 aromatic carbocycles. The van der Waals surface area contributed by atoms with Crippen molar-refractivity contribution in [2.75, 3.05) is 11.1 Å². The van der Waals surface area contributed by atoms with E-state index in [9.17, 15) is 4.39 Å². The molecule has 1 aliphatic rings. The van der Waals surface area contributed by atoms with Gasteiger partial charge >= 0.3 is 0 Å². The van der Waals surface area contributed by atoms with Crippen LogP contribution in [0.4, 0.5) is 15.8 Å². The fourth-order valence-electron chi connectivity index (χ4n) is 2.94. The highest BCUT2D eigenvalue weighted by Gasteiger charge is 2.31. The molecule has 3 heteroatoms. The van der Waals surface area contributed by atoms with Crippen LogP contribution in [0.25, 0.3) is 0 Å². The Hall–Kier alpha value is -1.25. The van der Waals surface area contributed by atoms with Crippen LogP contribution in [0.1, 0.15) is 33.1 Å². The molecule has 1 aromatic rings. The molecule has 0 amide bonds. The third-order valence-corrected chi connectivity index (χ3v) is 4.02. The maximum absolute atomic E-state index is 13.2. The fraction of sp³-hybridized carbons (Fsp3) is 0.571. The molecule has 3 N–H and O–H groups in total. The van der Waals surface area contributed by atoms with Gasteiger partial charge in [0.25, 0.3) is 0 Å². The van der Waals surface area contributed by atoms with E-state index >= 15 is 0 Å². The molecule has 94 valence electrons. The highest BCUT2D eigenvalue weighted by molar-refractivity contribution is 5.55. The zero-order chi connectivity index (χ0) is 12.4. The van der Waals surface area contributed by atoms with Gasteiger partial charge in [0.1, 0.15) is 5.82 Å². The summed E-state index contributed by atoms with van der Waals surface area (Å²) in [6, 6.07) is 5.11. The largest absolute Gasteiger partial charge is 0.399 e. The van der Waals surface area contributed by atoms with Gasteiger partial charge in [0, 0.05) is 17.4 Å². The second-order valence-electron chi connectivity index (χ2n) is 5.13. The van der Waals surface area contributed by atoms with E-state index in [1.165, 1.54) is 25.0 Å². The van der Waals surface area contributed by atoms with Crippen molar-refractivity contribution in [2.45, 2.75) is 39.2 Å². The van der Waals surface area contributed by atoms with Gasteiger partial charge < -0.3 is 11.1 Å². The Kier molecular flexibility index (Phi) is 3.55. The summed E-state index contributed by atoms with van der Waals surface area (Å²) in [4.78, 5) is 0. The van der Waals surface area contributed by atoms with E-state index in [0.29, 0.717) is 17.6 Å². The minimum Gasteiger partial charge on any atom is -0.399 e. The highest BCUT2D eigenvalue weighted by atomic mass is 19.1. The quantitative estimate of drug-likeness (QED) is 0.786. The Labute approximate surface area is 102 Å². The van der Waals surface area contributed by atoms with Crippen molar-refractivity contribution in [1.29, 1.82) is 0 Å². The lowest BCUT2D eigenvalue weighted by Crippen LogP contribution is -2.24. The minimum atomic E-state index is -0.273. The lowest BCUT2D eigenvalue weighted by Gasteiger charge is -2.22. The molecule has 3 unspecified atom stereocenters. The molecule has 0 spiro atoms. The SMILES string of the molecule is CCC1CCC(Nc2cc(N)cc(F)c2)C1C. The molecule has 0 bridgehead atoms. The smallest absolute Gasteiger partial charge is 0.127 e. The first kappa shape index (κ1) is 12.2. The van der Waals surface area contributed by atoms with Gasteiger partial charge in [-0.05, 0) is 42.9 Å². The third kappa shape index (κ3) is 2.71. The van der Waals surface area contributed by atoms with E-state index in [2.05, 4.69) is 19.2 Å². The number of hydrogen-bond donors (Lipinski definition) is 2. The normalized spacial score (nSPS) is 28.3. The van der Waals surface area contributed by atoms with Crippen LogP contribution >= 0.6 is 0 Å². The van der Waals surface area contributed by atoms with Gasteiger partial charge in [-0.2, -0.15) is 0 Å². The maximum atomic E-state index is 13.2. The third-order valence-electron chi connectivity index (χ3n) is 4.02. The van der Waals surface area contributed by atoms with Crippen LogP contribution in [0, 0.1) is 17.7 Å². The zero-order valence-electron chi connectivity index (χ0n) is 10.5. The Balaban J connectivity index is 2.06. The average Bonchev–Trinajstić information content (AvgIpc) is 2.58. The summed E-state index contributed by atoms with van der Waals surface area (Å²) in [5, 5.41) is 3.42. The lowest BCUT2D eigenvalue weighted by molar-refractivity contribution is 0.392. The minimum absolute atomic E-state index is 0.273. The van der Waals surface area contributed by atoms with Crippen molar-refractivity contribution in [2.24, 2.45) is 11.8 Å². The Morgan fingerprint density at radius 1 is 1.35 bits per heavy atom. The molecule has 1 saturated carbocycles. The van der Waals surface area contributed by atoms with Crippen LogP contribution in [0.3, 0.4) is 0 Å². The van der Waals surface area contributed by atoms with Crippen molar-refractivity contribution in [3.8, 4) is 0 Å². The number of halogens is 1. The summed E-state index contributed by atoms with van der Waals surface area (Å²) in [6.45, 7) is 4.52. The predicted octanol–water partition coefficient (Wildman–Crippen LogP) is 3.64. The van der Waals surface area contributed by atoms with Gasteiger partial charge in [0.15, 0.2) is 0 Å². The Bertz CT molecular complexity index is 372. The topological polar surface area (TPSA) is 38.0 Å². The molecule has 0 heterocycles. The molecule has 2 rings (SSSR count). The maximum Gasteiger partial charge on any atom is 0.127 e. The summed E-state index contributed by atoms with van der Waals surface area (Å²) in [6.07, 6.45) is 3.65. The van der Waals surface area contributed by atoms with E-state index in [-0.39, 0.29) is 5.82 Å². The van der Waals surface area contributed by atoms with Crippen molar-refractivity contribution >= 4 is 11.4 Å². The second kappa shape index (κ2) is 4.94. The van der Waals surface area contributed by atoms with Gasteiger partial charge in [-0.1, -0.05) is 20.3 Å². The van der Waals surface area contributed by atoms with E-state index < -0.39 is 0 Å². The summed E-state index contributed by atoms with van der Waals surface area (Å²) < 4.78 is 13.2. The number of nitrogens with two attached hydrogens (primary N) is 1. The van der Waals surface area contributed by atoms with Crippen molar-refractivity contribution in [3.05, 3.63) is 24.0 Å². The number of anilines is 2. The Morgan fingerprint density at radius 2 is 2.12 bits per heavy atom. The molecule has 0 aliphatic heterocycles. The first-order valence-corrected chi connectivity index (χ1v) is 6.42. The molecule has 1 fully saturated rings. The van der Waals surface area contributed by atoms with Crippen molar-refractivity contribution < 1.29 is 4.39 Å². The van der Waals surface area contributed by atoms with Gasteiger partial charge in [-0.15, -0.1) is 0 Å². The van der Waals surface area contributed by atoms with Gasteiger partial charge in [0.05, 0.1) is 0 Å². The molecule has 0 aromatic heterocycles. The molecule has 1 aliphatic carbocycles.